The molecule has 0 saturated carbocycles. The van der Waals surface area contributed by atoms with E-state index >= 15 is 0 Å². The zero-order chi connectivity index (χ0) is 14.5. The SMILES string of the molecule is CCCc1nnc(SCC(=O)O)n1C(C)(C)COC. The molecular formula is C12H21N3O3S. The molecule has 0 radical (unpaired) electrons. The second kappa shape index (κ2) is 6.91. The van der Waals surface area contributed by atoms with Crippen molar-refractivity contribution in [3.63, 3.8) is 0 Å². The van der Waals surface area contributed by atoms with Crippen molar-refractivity contribution in [1.82, 2.24) is 14.8 Å². The van der Waals surface area contributed by atoms with Crippen molar-refractivity contribution in [1.29, 1.82) is 0 Å². The maximum atomic E-state index is 10.7. The summed E-state index contributed by atoms with van der Waals surface area (Å²) in [7, 11) is 1.65. The summed E-state index contributed by atoms with van der Waals surface area (Å²) in [6.07, 6.45) is 1.78. The van der Waals surface area contributed by atoms with Crippen LogP contribution in [0.4, 0.5) is 0 Å². The monoisotopic (exact) mass is 287 g/mol. The number of thioether (sulfide) groups is 1. The highest BCUT2D eigenvalue weighted by Gasteiger charge is 2.27. The number of carbonyl (C=O) groups is 1. The lowest BCUT2D eigenvalue weighted by atomic mass is 10.1. The predicted octanol–water partition coefficient (Wildman–Crippen LogP) is 1.79. The quantitative estimate of drug-likeness (QED) is 0.734. The standard InChI is InChI=1S/C12H21N3O3S/c1-5-6-9-13-14-11(19-7-10(16)17)15(9)12(2,3)8-18-4/h5-8H2,1-4H3,(H,16,17). The third kappa shape index (κ3) is 4.21. The molecule has 1 aromatic rings. The Hall–Kier alpha value is -1.08. The van der Waals surface area contributed by atoms with Crippen molar-refractivity contribution in [3.8, 4) is 0 Å². The topological polar surface area (TPSA) is 77.2 Å². The highest BCUT2D eigenvalue weighted by molar-refractivity contribution is 7.99. The molecule has 7 heteroatoms. The average Bonchev–Trinajstić information content (AvgIpc) is 2.70. The van der Waals surface area contributed by atoms with Crippen LogP contribution in [-0.2, 0) is 21.5 Å². The number of hydrogen-bond acceptors (Lipinski definition) is 5. The first-order chi connectivity index (χ1) is 8.92. The molecule has 0 unspecified atom stereocenters. The van der Waals surface area contributed by atoms with Crippen LogP contribution in [0.1, 0.15) is 33.0 Å². The van der Waals surface area contributed by atoms with Crippen molar-refractivity contribution in [3.05, 3.63) is 5.82 Å². The van der Waals surface area contributed by atoms with E-state index in [1.807, 2.05) is 18.4 Å². The molecule has 0 aliphatic rings. The molecule has 0 fully saturated rings. The molecule has 108 valence electrons. The Balaban J connectivity index is 3.07. The summed E-state index contributed by atoms with van der Waals surface area (Å²) in [6, 6.07) is 0. The van der Waals surface area contributed by atoms with Gasteiger partial charge in [0.2, 0.25) is 0 Å². The summed E-state index contributed by atoms with van der Waals surface area (Å²) in [6.45, 7) is 6.66. The van der Waals surface area contributed by atoms with Gasteiger partial charge in [-0.25, -0.2) is 0 Å². The molecule has 0 bridgehead atoms. The normalized spacial score (nSPS) is 11.8. The van der Waals surface area contributed by atoms with E-state index < -0.39 is 5.97 Å². The van der Waals surface area contributed by atoms with Crippen LogP contribution in [0.5, 0.6) is 0 Å². The highest BCUT2D eigenvalue weighted by atomic mass is 32.2. The van der Waals surface area contributed by atoms with Crippen molar-refractivity contribution in [2.24, 2.45) is 0 Å². The molecule has 6 nitrogen and oxygen atoms in total. The summed E-state index contributed by atoms with van der Waals surface area (Å²) in [5, 5.41) is 17.7. The van der Waals surface area contributed by atoms with Gasteiger partial charge < -0.3 is 9.84 Å². The Kier molecular flexibility index (Phi) is 5.81. The predicted molar refractivity (Wildman–Crippen MR) is 73.6 cm³/mol. The highest BCUT2D eigenvalue weighted by Crippen LogP contribution is 2.26. The molecule has 0 aliphatic carbocycles. The van der Waals surface area contributed by atoms with Gasteiger partial charge in [-0.2, -0.15) is 0 Å². The molecule has 1 rings (SSSR count). The summed E-state index contributed by atoms with van der Waals surface area (Å²) in [4.78, 5) is 10.7. The summed E-state index contributed by atoms with van der Waals surface area (Å²) in [5.74, 6) is -0.00794. The third-order valence-electron chi connectivity index (χ3n) is 2.60. The second-order valence-corrected chi connectivity index (χ2v) is 5.85. The molecule has 1 N–H and O–H groups in total. The largest absolute Gasteiger partial charge is 0.481 e. The Morgan fingerprint density at radius 1 is 1.47 bits per heavy atom. The zero-order valence-corrected chi connectivity index (χ0v) is 12.7. The number of methoxy groups -OCH3 is 1. The first-order valence-electron chi connectivity index (χ1n) is 6.20. The minimum Gasteiger partial charge on any atom is -0.481 e. The van der Waals surface area contributed by atoms with Crippen LogP contribution in [0.3, 0.4) is 0 Å². The van der Waals surface area contributed by atoms with Crippen molar-refractivity contribution in [2.45, 2.75) is 44.3 Å². The fraction of sp³-hybridized carbons (Fsp3) is 0.750. The van der Waals surface area contributed by atoms with Gasteiger partial charge in [-0.3, -0.25) is 9.36 Å². The molecule has 0 amide bonds. The molecule has 1 heterocycles. The lowest BCUT2D eigenvalue weighted by Crippen LogP contribution is -2.33. The van der Waals surface area contributed by atoms with Gasteiger partial charge in [-0.1, -0.05) is 18.7 Å². The van der Waals surface area contributed by atoms with Crippen LogP contribution in [0.2, 0.25) is 0 Å². The number of rotatable bonds is 8. The smallest absolute Gasteiger partial charge is 0.313 e. The van der Waals surface area contributed by atoms with E-state index in [9.17, 15) is 4.79 Å². The van der Waals surface area contributed by atoms with Gasteiger partial charge in [0.05, 0.1) is 17.9 Å². The van der Waals surface area contributed by atoms with Gasteiger partial charge in [-0.15, -0.1) is 10.2 Å². The number of hydrogen-bond donors (Lipinski definition) is 1. The first kappa shape index (κ1) is 16.0. The number of carboxylic acids is 1. The van der Waals surface area contributed by atoms with Crippen molar-refractivity contribution in [2.75, 3.05) is 19.5 Å². The van der Waals surface area contributed by atoms with E-state index in [1.165, 1.54) is 11.8 Å². The molecule has 0 aromatic carbocycles. The molecule has 1 aromatic heterocycles. The number of carboxylic acid groups (broad SMARTS) is 1. The lowest BCUT2D eigenvalue weighted by molar-refractivity contribution is -0.133. The van der Waals surface area contributed by atoms with E-state index in [1.54, 1.807) is 7.11 Å². The Labute approximate surface area is 117 Å². The van der Waals surface area contributed by atoms with Crippen LogP contribution in [0, 0.1) is 0 Å². The molecule has 0 saturated heterocycles. The summed E-state index contributed by atoms with van der Waals surface area (Å²) in [5.41, 5.74) is -0.302. The number of aliphatic carboxylic acids is 1. The molecular weight excluding hydrogens is 266 g/mol. The number of nitrogens with zero attached hydrogens (tertiary/aromatic N) is 3. The Morgan fingerprint density at radius 3 is 2.68 bits per heavy atom. The van der Waals surface area contributed by atoms with E-state index in [0.717, 1.165) is 18.7 Å². The summed E-state index contributed by atoms with van der Waals surface area (Å²) >= 11 is 1.19. The van der Waals surface area contributed by atoms with Crippen LogP contribution < -0.4 is 0 Å². The van der Waals surface area contributed by atoms with Gasteiger partial charge in [0.15, 0.2) is 5.16 Å². The molecule has 0 aliphatic heterocycles. The number of ether oxygens (including phenoxy) is 1. The zero-order valence-electron chi connectivity index (χ0n) is 11.8. The van der Waals surface area contributed by atoms with Crippen LogP contribution in [0.15, 0.2) is 5.16 Å². The van der Waals surface area contributed by atoms with Gasteiger partial charge in [-0.05, 0) is 20.3 Å². The van der Waals surface area contributed by atoms with Gasteiger partial charge in [0, 0.05) is 13.5 Å². The molecule has 0 spiro atoms. The lowest BCUT2D eigenvalue weighted by Gasteiger charge is -2.28. The van der Waals surface area contributed by atoms with E-state index in [4.69, 9.17) is 9.84 Å². The minimum absolute atomic E-state index is 0.0205. The maximum Gasteiger partial charge on any atom is 0.313 e. The van der Waals surface area contributed by atoms with Gasteiger partial charge in [0.25, 0.3) is 0 Å². The van der Waals surface area contributed by atoms with Gasteiger partial charge >= 0.3 is 5.97 Å². The number of aromatic nitrogens is 3. The van der Waals surface area contributed by atoms with E-state index in [0.29, 0.717) is 11.8 Å². The van der Waals surface area contributed by atoms with Gasteiger partial charge in [0.1, 0.15) is 5.82 Å². The van der Waals surface area contributed by atoms with Crippen molar-refractivity contribution < 1.29 is 14.6 Å². The van der Waals surface area contributed by atoms with Crippen molar-refractivity contribution >= 4 is 17.7 Å². The molecule has 0 atom stereocenters. The fourth-order valence-corrected chi connectivity index (χ4v) is 2.76. The summed E-state index contributed by atoms with van der Waals surface area (Å²) < 4.78 is 7.24. The Bertz CT molecular complexity index is 432. The van der Waals surface area contributed by atoms with Crippen LogP contribution in [-0.4, -0.2) is 45.3 Å². The second-order valence-electron chi connectivity index (χ2n) is 4.91. The maximum absolute atomic E-state index is 10.7. The average molecular weight is 287 g/mol. The fourth-order valence-electron chi connectivity index (χ4n) is 1.93. The first-order valence-corrected chi connectivity index (χ1v) is 7.19. The molecule has 19 heavy (non-hydrogen) atoms. The van der Waals surface area contributed by atoms with Crippen LogP contribution >= 0.6 is 11.8 Å². The Morgan fingerprint density at radius 2 is 2.16 bits per heavy atom. The van der Waals surface area contributed by atoms with E-state index in [2.05, 4.69) is 17.1 Å². The third-order valence-corrected chi connectivity index (χ3v) is 3.52. The minimum atomic E-state index is -0.860. The number of aryl methyl sites for hydroxylation is 1. The van der Waals surface area contributed by atoms with E-state index in [-0.39, 0.29) is 11.3 Å². The van der Waals surface area contributed by atoms with Crippen LogP contribution in [0.25, 0.3) is 0 Å².